The highest BCUT2D eigenvalue weighted by molar-refractivity contribution is 5.96. The van der Waals surface area contributed by atoms with Gasteiger partial charge in [-0.05, 0) is 87.7 Å². The minimum atomic E-state index is -0.627. The van der Waals surface area contributed by atoms with Crippen molar-refractivity contribution in [3.63, 3.8) is 0 Å². The van der Waals surface area contributed by atoms with Gasteiger partial charge in [-0.25, -0.2) is 4.68 Å². The van der Waals surface area contributed by atoms with Crippen molar-refractivity contribution in [2.45, 2.75) is 89.8 Å². The van der Waals surface area contributed by atoms with Gasteiger partial charge in [-0.1, -0.05) is 44.2 Å². The lowest BCUT2D eigenvalue weighted by atomic mass is 9.52. The number of amides is 2. The third kappa shape index (κ3) is 6.60. The van der Waals surface area contributed by atoms with E-state index in [-0.39, 0.29) is 23.8 Å². The molecule has 8 heteroatoms. The van der Waals surface area contributed by atoms with Gasteiger partial charge in [0.1, 0.15) is 5.56 Å². The van der Waals surface area contributed by atoms with Crippen molar-refractivity contribution >= 4 is 18.0 Å². The lowest BCUT2D eigenvalue weighted by Gasteiger charge is -2.58. The summed E-state index contributed by atoms with van der Waals surface area (Å²) in [6.07, 6.45) is 10.9. The number of rotatable bonds is 11. The molecule has 2 unspecified atom stereocenters. The molecule has 216 valence electrons. The number of ether oxygens (including phenoxy) is 1. The molecule has 4 saturated carbocycles. The van der Waals surface area contributed by atoms with E-state index < -0.39 is 11.1 Å². The van der Waals surface area contributed by atoms with E-state index in [0.29, 0.717) is 48.6 Å². The number of hydrogen-bond donors (Lipinski definition) is 3. The van der Waals surface area contributed by atoms with Gasteiger partial charge < -0.3 is 20.5 Å². The molecule has 2 atom stereocenters. The van der Waals surface area contributed by atoms with E-state index in [2.05, 4.69) is 29.6 Å². The molecule has 4 aliphatic carbocycles. The van der Waals surface area contributed by atoms with Crippen LogP contribution in [0.1, 0.15) is 82.1 Å². The van der Waals surface area contributed by atoms with Crippen LogP contribution in [0.5, 0.6) is 5.88 Å². The predicted molar refractivity (Wildman–Crippen MR) is 155 cm³/mol. The molecule has 2 aromatic rings. The molecule has 0 spiro atoms. The van der Waals surface area contributed by atoms with Crippen LogP contribution in [0.25, 0.3) is 6.20 Å². The molecular formula is C32H44N4O4. The monoisotopic (exact) mass is 548 g/mol. The van der Waals surface area contributed by atoms with E-state index in [1.165, 1.54) is 0 Å². The molecule has 1 heterocycles. The maximum Gasteiger partial charge on any atom is 0.258 e. The van der Waals surface area contributed by atoms with Gasteiger partial charge in [0.05, 0.1) is 23.9 Å². The normalized spacial score (nSPS) is 27.4. The van der Waals surface area contributed by atoms with Crippen LogP contribution in [0.15, 0.2) is 42.6 Å². The number of aromatic nitrogens is 2. The summed E-state index contributed by atoms with van der Waals surface area (Å²) in [4.78, 5) is 26.2. The fourth-order valence-electron chi connectivity index (χ4n) is 7.07. The largest absolute Gasteiger partial charge is 0.477 e. The second-order valence-electron chi connectivity index (χ2n) is 13.3. The average Bonchev–Trinajstić information content (AvgIpc) is 3.29. The summed E-state index contributed by atoms with van der Waals surface area (Å²) in [5, 5.41) is 21.8. The van der Waals surface area contributed by atoms with Crippen LogP contribution in [-0.4, -0.2) is 50.5 Å². The van der Waals surface area contributed by atoms with Crippen LogP contribution in [0.2, 0.25) is 0 Å². The first-order valence-electron chi connectivity index (χ1n) is 14.8. The Balaban J connectivity index is 1.26. The first-order chi connectivity index (χ1) is 19.0. The number of benzene rings is 1. The molecule has 4 fully saturated rings. The third-order valence-electron chi connectivity index (χ3n) is 8.66. The number of nitrogens with zero attached hydrogens (tertiary/aromatic N) is 2. The van der Waals surface area contributed by atoms with Crippen molar-refractivity contribution in [3.05, 3.63) is 53.7 Å². The molecule has 4 aliphatic rings. The molecule has 40 heavy (non-hydrogen) atoms. The second-order valence-corrected chi connectivity index (χ2v) is 13.3. The molecule has 1 aromatic carbocycles. The molecule has 0 radical (unpaired) electrons. The number of carbonyl (C=O) groups excluding carboxylic acids is 2. The van der Waals surface area contributed by atoms with E-state index in [0.717, 1.165) is 37.7 Å². The number of carbonyl (C=O) groups is 2. The smallest absolute Gasteiger partial charge is 0.258 e. The summed E-state index contributed by atoms with van der Waals surface area (Å²) in [7, 11) is 0. The number of aliphatic hydroxyl groups is 1. The molecule has 4 bridgehead atoms. The lowest BCUT2D eigenvalue weighted by molar-refractivity contribution is -0.137. The SMILES string of the molecule is CC(C)COc1c(C(=O)NC2C3CC4CC2CC(O)(C4)C3)cnn1/C=C/C(C)(C)NC(=O)CCc1ccccc1. The topological polar surface area (TPSA) is 105 Å². The minimum Gasteiger partial charge on any atom is -0.477 e. The molecule has 0 saturated heterocycles. The van der Waals surface area contributed by atoms with E-state index in [1.54, 1.807) is 17.1 Å². The highest BCUT2D eigenvalue weighted by Gasteiger charge is 2.55. The summed E-state index contributed by atoms with van der Waals surface area (Å²) < 4.78 is 7.69. The number of aryl methyl sites for hydroxylation is 1. The fourth-order valence-corrected chi connectivity index (χ4v) is 7.07. The third-order valence-corrected chi connectivity index (χ3v) is 8.66. The Hall–Kier alpha value is -3.13. The van der Waals surface area contributed by atoms with Crippen LogP contribution in [-0.2, 0) is 11.2 Å². The summed E-state index contributed by atoms with van der Waals surface area (Å²) in [5.41, 5.74) is 0.369. The second kappa shape index (κ2) is 11.4. The number of hydrogen-bond acceptors (Lipinski definition) is 5. The van der Waals surface area contributed by atoms with Crippen molar-refractivity contribution < 1.29 is 19.4 Å². The Morgan fingerprint density at radius 3 is 2.52 bits per heavy atom. The Labute approximate surface area is 237 Å². The summed E-state index contributed by atoms with van der Waals surface area (Å²) in [6, 6.07) is 10.0. The van der Waals surface area contributed by atoms with Gasteiger partial charge in [-0.15, -0.1) is 0 Å². The van der Waals surface area contributed by atoms with Gasteiger partial charge in [-0.3, -0.25) is 9.59 Å². The van der Waals surface area contributed by atoms with Crippen LogP contribution >= 0.6 is 0 Å². The van der Waals surface area contributed by atoms with Crippen LogP contribution in [0, 0.1) is 23.7 Å². The zero-order valence-electron chi connectivity index (χ0n) is 24.2. The zero-order chi connectivity index (χ0) is 28.5. The van der Waals surface area contributed by atoms with Gasteiger partial charge in [-0.2, -0.15) is 5.10 Å². The van der Waals surface area contributed by atoms with Crippen molar-refractivity contribution in [1.29, 1.82) is 0 Å². The van der Waals surface area contributed by atoms with Crippen LogP contribution in [0.4, 0.5) is 0 Å². The molecule has 6 rings (SSSR count). The molecule has 8 nitrogen and oxygen atoms in total. The molecule has 3 N–H and O–H groups in total. The van der Waals surface area contributed by atoms with Crippen molar-refractivity contribution in [2.24, 2.45) is 23.7 Å². The Bertz CT molecular complexity index is 1220. The van der Waals surface area contributed by atoms with Gasteiger partial charge in [0.25, 0.3) is 5.91 Å². The van der Waals surface area contributed by atoms with Crippen LogP contribution < -0.4 is 15.4 Å². The average molecular weight is 549 g/mol. The Morgan fingerprint density at radius 1 is 1.18 bits per heavy atom. The maximum absolute atomic E-state index is 13.5. The molecule has 2 amide bonds. The van der Waals surface area contributed by atoms with Crippen molar-refractivity contribution in [3.8, 4) is 5.88 Å². The quantitative estimate of drug-likeness (QED) is 0.381. The van der Waals surface area contributed by atoms with Crippen molar-refractivity contribution in [1.82, 2.24) is 20.4 Å². The van der Waals surface area contributed by atoms with Crippen LogP contribution in [0.3, 0.4) is 0 Å². The summed E-state index contributed by atoms with van der Waals surface area (Å²) in [6.45, 7) is 8.42. The van der Waals surface area contributed by atoms with Gasteiger partial charge in [0.15, 0.2) is 0 Å². The van der Waals surface area contributed by atoms with E-state index in [4.69, 9.17) is 4.74 Å². The first kappa shape index (κ1) is 28.4. The Morgan fingerprint density at radius 2 is 1.88 bits per heavy atom. The van der Waals surface area contributed by atoms with Gasteiger partial charge >= 0.3 is 0 Å². The van der Waals surface area contributed by atoms with Crippen molar-refractivity contribution in [2.75, 3.05) is 6.61 Å². The number of nitrogens with one attached hydrogen (secondary N) is 2. The van der Waals surface area contributed by atoms with E-state index >= 15 is 0 Å². The maximum atomic E-state index is 13.5. The van der Waals surface area contributed by atoms with E-state index in [9.17, 15) is 14.7 Å². The zero-order valence-corrected chi connectivity index (χ0v) is 24.2. The lowest BCUT2D eigenvalue weighted by Crippen LogP contribution is -2.61. The first-order valence-corrected chi connectivity index (χ1v) is 14.8. The minimum absolute atomic E-state index is 0.0318. The highest BCUT2D eigenvalue weighted by atomic mass is 16.5. The summed E-state index contributed by atoms with van der Waals surface area (Å²) in [5.74, 6) is 1.68. The van der Waals surface area contributed by atoms with Gasteiger partial charge in [0, 0.05) is 18.7 Å². The predicted octanol–water partition coefficient (Wildman–Crippen LogP) is 4.59. The molecule has 1 aromatic heterocycles. The van der Waals surface area contributed by atoms with E-state index in [1.807, 2.05) is 50.3 Å². The van der Waals surface area contributed by atoms with Gasteiger partial charge in [0.2, 0.25) is 11.8 Å². The fraction of sp³-hybridized carbons (Fsp3) is 0.594. The molecule has 0 aliphatic heterocycles. The molecular weight excluding hydrogens is 504 g/mol. The highest BCUT2D eigenvalue weighted by Crippen LogP contribution is 2.55. The standard InChI is InChI=1S/C32H44N4O4/c1-21(2)20-40-30-26(29(38)34-28-24-14-23-15-25(28)18-32(39,16-23)17-24)19-33-36(30)13-12-31(3,4)35-27(37)11-10-22-8-6-5-7-9-22/h5-9,12-13,19,21,23-25,28,39H,10-11,14-18,20H2,1-4H3,(H,34,38)(H,35,37)/b13-12+. The summed E-state index contributed by atoms with van der Waals surface area (Å²) >= 11 is 0. The Kier molecular flexibility index (Phi) is 8.09.